The Morgan fingerprint density at radius 3 is 1.83 bits per heavy atom. The zero-order valence-electron chi connectivity index (χ0n) is 14.0. The molecule has 1 nitrogen and oxygen atoms in total. The molecular weight excluding hydrogens is 358 g/mol. The number of nitrogens with zero attached hydrogens (tertiary/aromatic N) is 1. The van der Waals surface area contributed by atoms with Gasteiger partial charge in [0.25, 0.3) is 0 Å². The topological polar surface area (TPSA) is 3.24 Å². The predicted molar refractivity (Wildman–Crippen MR) is 105 cm³/mol. The monoisotopic (exact) mass is 377 g/mol. The van der Waals surface area contributed by atoms with Gasteiger partial charge >= 0.3 is 0 Å². The van der Waals surface area contributed by atoms with Crippen LogP contribution in [0.15, 0.2) is 77.3 Å². The van der Waals surface area contributed by atoms with Gasteiger partial charge in [0, 0.05) is 27.8 Å². The fourth-order valence-corrected chi connectivity index (χ4v) is 4.13. The summed E-state index contributed by atoms with van der Waals surface area (Å²) in [5.41, 5.74) is 6.68. The summed E-state index contributed by atoms with van der Waals surface area (Å²) in [7, 11) is 0. The first kappa shape index (κ1) is 15.5. The minimum Gasteiger partial charge on any atom is -0.336 e. The molecule has 0 aromatic heterocycles. The fourth-order valence-electron chi connectivity index (χ4n) is 3.72. The smallest absolute Gasteiger partial charge is 0.0493 e. The number of halogens is 1. The van der Waals surface area contributed by atoms with Gasteiger partial charge in [-0.15, -0.1) is 0 Å². The van der Waals surface area contributed by atoms with Crippen LogP contribution in [0.25, 0.3) is 0 Å². The molecule has 3 aromatic carbocycles. The summed E-state index contributed by atoms with van der Waals surface area (Å²) in [5.74, 6) is 0. The molecule has 1 heterocycles. The molecule has 0 saturated heterocycles. The summed E-state index contributed by atoms with van der Waals surface area (Å²) in [4.78, 5) is 2.44. The molecule has 0 bridgehead atoms. The predicted octanol–water partition coefficient (Wildman–Crippen LogP) is 6.43. The van der Waals surface area contributed by atoms with Gasteiger partial charge in [-0.2, -0.15) is 0 Å². The second-order valence-corrected chi connectivity index (χ2v) is 7.69. The molecule has 0 aliphatic carbocycles. The molecule has 1 aliphatic heterocycles. The normalized spacial score (nSPS) is 14.9. The van der Waals surface area contributed by atoms with Crippen molar-refractivity contribution in [2.45, 2.75) is 25.8 Å². The number of hydrogen-bond acceptors (Lipinski definition) is 1. The largest absolute Gasteiger partial charge is 0.336 e. The van der Waals surface area contributed by atoms with Gasteiger partial charge in [0.15, 0.2) is 0 Å². The van der Waals surface area contributed by atoms with E-state index in [1.807, 2.05) is 0 Å². The van der Waals surface area contributed by atoms with Crippen molar-refractivity contribution in [3.05, 3.63) is 94.0 Å². The Labute approximate surface area is 152 Å². The standard InChI is InChI=1S/C22H20BrN/c1-22(2)17-10-4-7-13-20(17)24(21-14-8-5-11-18(21)22)15-16-9-3-6-12-19(16)23/h3-14H,15H2,1-2H3. The van der Waals surface area contributed by atoms with E-state index in [4.69, 9.17) is 0 Å². The van der Waals surface area contributed by atoms with Crippen molar-refractivity contribution in [1.82, 2.24) is 0 Å². The first-order valence-corrected chi connectivity index (χ1v) is 9.08. The number of para-hydroxylation sites is 2. The molecule has 0 radical (unpaired) electrons. The molecule has 24 heavy (non-hydrogen) atoms. The van der Waals surface area contributed by atoms with Crippen LogP contribution in [0.2, 0.25) is 0 Å². The Balaban J connectivity index is 1.90. The van der Waals surface area contributed by atoms with Crippen molar-refractivity contribution < 1.29 is 0 Å². The van der Waals surface area contributed by atoms with Crippen LogP contribution < -0.4 is 4.90 Å². The summed E-state index contributed by atoms with van der Waals surface area (Å²) in [5, 5.41) is 0. The van der Waals surface area contributed by atoms with E-state index < -0.39 is 0 Å². The lowest BCUT2D eigenvalue weighted by Crippen LogP contribution is -2.32. The van der Waals surface area contributed by atoms with Crippen LogP contribution in [0.1, 0.15) is 30.5 Å². The SMILES string of the molecule is CC1(C)c2ccccc2N(Cc2ccccc2Br)c2ccccc21. The quantitative estimate of drug-likeness (QED) is 0.497. The van der Waals surface area contributed by atoms with E-state index in [-0.39, 0.29) is 5.41 Å². The van der Waals surface area contributed by atoms with E-state index in [1.165, 1.54) is 28.1 Å². The number of anilines is 2. The first-order chi connectivity index (χ1) is 11.6. The van der Waals surface area contributed by atoms with Gasteiger partial charge in [-0.1, -0.05) is 84.4 Å². The van der Waals surface area contributed by atoms with Crippen LogP contribution in [0, 0.1) is 0 Å². The lowest BCUT2D eigenvalue weighted by molar-refractivity contribution is 0.623. The zero-order valence-corrected chi connectivity index (χ0v) is 15.5. The Kier molecular flexibility index (Phi) is 3.73. The first-order valence-electron chi connectivity index (χ1n) is 8.29. The van der Waals surface area contributed by atoms with Crippen LogP contribution in [-0.4, -0.2) is 0 Å². The molecule has 4 rings (SSSR count). The molecule has 0 N–H and O–H groups in total. The van der Waals surface area contributed by atoms with Crippen LogP contribution in [0.4, 0.5) is 11.4 Å². The van der Waals surface area contributed by atoms with Crippen molar-refractivity contribution in [3.63, 3.8) is 0 Å². The third-order valence-corrected chi connectivity index (χ3v) is 5.80. The number of fused-ring (bicyclic) bond motifs is 2. The summed E-state index contributed by atoms with van der Waals surface area (Å²) >= 11 is 3.70. The van der Waals surface area contributed by atoms with Gasteiger partial charge in [0.05, 0.1) is 0 Å². The van der Waals surface area contributed by atoms with Gasteiger partial charge in [0.1, 0.15) is 0 Å². The lowest BCUT2D eigenvalue weighted by atomic mass is 9.73. The average Bonchev–Trinajstić information content (AvgIpc) is 2.60. The minimum atomic E-state index is 0.0115. The van der Waals surface area contributed by atoms with Gasteiger partial charge in [-0.25, -0.2) is 0 Å². The Morgan fingerprint density at radius 2 is 1.25 bits per heavy atom. The van der Waals surface area contributed by atoms with Crippen molar-refractivity contribution in [1.29, 1.82) is 0 Å². The summed E-state index contributed by atoms with van der Waals surface area (Å²) in [6.45, 7) is 5.49. The summed E-state index contributed by atoms with van der Waals surface area (Å²) < 4.78 is 1.16. The van der Waals surface area contributed by atoms with Gasteiger partial charge in [0.2, 0.25) is 0 Å². The molecule has 1 aliphatic rings. The van der Waals surface area contributed by atoms with E-state index in [1.54, 1.807) is 0 Å². The van der Waals surface area contributed by atoms with E-state index in [0.29, 0.717) is 0 Å². The molecule has 0 atom stereocenters. The van der Waals surface area contributed by atoms with Crippen LogP contribution >= 0.6 is 15.9 Å². The Bertz CT molecular complexity index is 848. The Morgan fingerprint density at radius 1 is 0.750 bits per heavy atom. The maximum atomic E-state index is 3.70. The van der Waals surface area contributed by atoms with Crippen LogP contribution in [0.5, 0.6) is 0 Å². The van der Waals surface area contributed by atoms with E-state index in [0.717, 1.165) is 11.0 Å². The van der Waals surface area contributed by atoms with Crippen LogP contribution in [0.3, 0.4) is 0 Å². The van der Waals surface area contributed by atoms with E-state index in [2.05, 4.69) is 107 Å². The molecule has 0 unspecified atom stereocenters. The minimum absolute atomic E-state index is 0.0115. The average molecular weight is 378 g/mol. The van der Waals surface area contributed by atoms with Crippen molar-refractivity contribution >= 4 is 27.3 Å². The molecule has 0 amide bonds. The number of rotatable bonds is 2. The van der Waals surface area contributed by atoms with Gasteiger partial charge in [-0.3, -0.25) is 0 Å². The fraction of sp³-hybridized carbons (Fsp3) is 0.182. The summed E-state index contributed by atoms with van der Waals surface area (Å²) in [6, 6.07) is 26.0. The maximum Gasteiger partial charge on any atom is 0.0493 e. The van der Waals surface area contributed by atoms with Crippen molar-refractivity contribution in [3.8, 4) is 0 Å². The summed E-state index contributed by atoms with van der Waals surface area (Å²) in [6.07, 6.45) is 0. The third kappa shape index (κ3) is 2.37. The zero-order chi connectivity index (χ0) is 16.7. The van der Waals surface area contributed by atoms with Gasteiger partial charge in [-0.05, 0) is 34.9 Å². The molecule has 0 spiro atoms. The highest BCUT2D eigenvalue weighted by Gasteiger charge is 2.35. The van der Waals surface area contributed by atoms with Crippen molar-refractivity contribution in [2.24, 2.45) is 0 Å². The van der Waals surface area contributed by atoms with Crippen LogP contribution in [-0.2, 0) is 12.0 Å². The van der Waals surface area contributed by atoms with E-state index in [9.17, 15) is 0 Å². The molecular formula is C22H20BrN. The molecule has 0 saturated carbocycles. The molecule has 120 valence electrons. The maximum absolute atomic E-state index is 3.70. The highest BCUT2D eigenvalue weighted by molar-refractivity contribution is 9.10. The molecule has 2 heteroatoms. The van der Waals surface area contributed by atoms with E-state index >= 15 is 0 Å². The second-order valence-electron chi connectivity index (χ2n) is 6.84. The number of benzene rings is 3. The molecule has 3 aromatic rings. The highest BCUT2D eigenvalue weighted by atomic mass is 79.9. The third-order valence-electron chi connectivity index (χ3n) is 5.02. The van der Waals surface area contributed by atoms with Gasteiger partial charge < -0.3 is 4.90 Å². The molecule has 0 fully saturated rings. The number of hydrogen-bond donors (Lipinski definition) is 0. The van der Waals surface area contributed by atoms with Crippen molar-refractivity contribution in [2.75, 3.05) is 4.90 Å². The Hall–Kier alpha value is -2.06. The highest BCUT2D eigenvalue weighted by Crippen LogP contribution is 2.49. The second kappa shape index (κ2) is 5.78. The lowest BCUT2D eigenvalue weighted by Gasteiger charge is -2.42.